The van der Waals surface area contributed by atoms with Gasteiger partial charge in [-0.1, -0.05) is 74.7 Å². The van der Waals surface area contributed by atoms with E-state index in [2.05, 4.69) is 27.7 Å². The van der Waals surface area contributed by atoms with Crippen LogP contribution in [0.3, 0.4) is 0 Å². The third-order valence-electron chi connectivity index (χ3n) is 2.59. The van der Waals surface area contributed by atoms with Gasteiger partial charge < -0.3 is 0 Å². The van der Waals surface area contributed by atoms with E-state index in [1.54, 1.807) is 0 Å². The Morgan fingerprint density at radius 1 is 0.714 bits per heavy atom. The first-order valence-corrected chi connectivity index (χ1v) is 6.74. The molecule has 0 spiro atoms. The monoisotopic (exact) mass is 202 g/mol. The lowest BCUT2D eigenvalue weighted by molar-refractivity contribution is 0.364. The van der Waals surface area contributed by atoms with Gasteiger partial charge in [0.15, 0.2) is 0 Å². The number of hydrogen-bond acceptors (Lipinski definition) is 0. The summed E-state index contributed by atoms with van der Waals surface area (Å²) < 4.78 is 0. The molecule has 1 atom stereocenters. The van der Waals surface area contributed by atoms with Gasteiger partial charge in [0, 0.05) is 0 Å². The molecule has 0 aromatic heterocycles. The highest BCUT2D eigenvalue weighted by Crippen LogP contribution is 2.20. The van der Waals surface area contributed by atoms with Crippen LogP contribution < -0.4 is 0 Å². The molecule has 0 saturated carbocycles. The molecule has 0 heterocycles. The van der Waals surface area contributed by atoms with Crippen molar-refractivity contribution >= 4 is 0 Å². The Balaban J connectivity index is -0.000000266. The van der Waals surface area contributed by atoms with Gasteiger partial charge in [-0.2, -0.15) is 0 Å². The lowest BCUT2D eigenvalue weighted by atomic mass is 9.90. The van der Waals surface area contributed by atoms with Crippen LogP contribution in [0, 0.1) is 11.8 Å². The van der Waals surface area contributed by atoms with Crippen LogP contribution in [0.15, 0.2) is 0 Å². The maximum Gasteiger partial charge on any atom is -0.0417 e. The molecule has 14 heavy (non-hydrogen) atoms. The van der Waals surface area contributed by atoms with Gasteiger partial charge in [-0.25, -0.2) is 0 Å². The molecule has 0 rings (SSSR count). The molecule has 0 amide bonds. The molecule has 0 aliphatic carbocycles. The van der Waals surface area contributed by atoms with Crippen molar-refractivity contribution in [2.24, 2.45) is 11.8 Å². The summed E-state index contributed by atoms with van der Waals surface area (Å²) in [5.41, 5.74) is 0. The van der Waals surface area contributed by atoms with E-state index < -0.39 is 0 Å². The quantitative estimate of drug-likeness (QED) is 0.520. The fraction of sp³-hybridized carbons (Fsp3) is 1.00. The Labute approximate surface area is 93.5 Å². The van der Waals surface area contributed by atoms with Crippen LogP contribution >= 0.6 is 0 Å². The normalized spacial score (nSPS) is 10.9. The Kier molecular flexibility index (Phi) is 26.1. The third kappa shape index (κ3) is 14.5. The standard InChI is InChI=1S/C10H22.2C2H6/c1-5-9(4)8-10(6-2)7-3;2*1-2/h9-10H,5-8H2,1-4H3;2*1-2H3. The highest BCUT2D eigenvalue weighted by atomic mass is 14.1. The molecule has 0 fully saturated rings. The van der Waals surface area contributed by atoms with E-state index >= 15 is 0 Å². The predicted octanol–water partition coefficient (Wildman–Crippen LogP) is 5.91. The minimum Gasteiger partial charge on any atom is -0.0683 e. The highest BCUT2D eigenvalue weighted by molar-refractivity contribution is 4.59. The van der Waals surface area contributed by atoms with Gasteiger partial charge >= 0.3 is 0 Å². The van der Waals surface area contributed by atoms with Crippen LogP contribution in [0.4, 0.5) is 0 Å². The van der Waals surface area contributed by atoms with Crippen LogP contribution in [0.1, 0.15) is 81.1 Å². The lowest BCUT2D eigenvalue weighted by Crippen LogP contribution is -2.03. The zero-order chi connectivity index (χ0) is 12.0. The molecule has 0 heteroatoms. The largest absolute Gasteiger partial charge is 0.0683 e. The lowest BCUT2D eigenvalue weighted by Gasteiger charge is -2.16. The molecule has 0 N–H and O–H groups in total. The van der Waals surface area contributed by atoms with Gasteiger partial charge in [0.1, 0.15) is 0 Å². The van der Waals surface area contributed by atoms with E-state index in [4.69, 9.17) is 0 Å². The number of rotatable bonds is 5. The summed E-state index contributed by atoms with van der Waals surface area (Å²) in [6.45, 7) is 17.2. The smallest absolute Gasteiger partial charge is 0.0417 e. The zero-order valence-corrected chi connectivity index (χ0v) is 12.0. The minimum absolute atomic E-state index is 0.935. The summed E-state index contributed by atoms with van der Waals surface area (Å²) in [5, 5.41) is 0. The van der Waals surface area contributed by atoms with Crippen LogP contribution in [0.5, 0.6) is 0 Å². The molecule has 90 valence electrons. The second kappa shape index (κ2) is 18.7. The first kappa shape index (κ1) is 19.6. The summed E-state index contributed by atoms with van der Waals surface area (Å²) >= 11 is 0. The van der Waals surface area contributed by atoms with Gasteiger partial charge in [-0.05, 0) is 18.3 Å². The molecular weight excluding hydrogens is 168 g/mol. The van der Waals surface area contributed by atoms with Crippen LogP contribution in [-0.2, 0) is 0 Å². The average Bonchev–Trinajstić information content (AvgIpc) is 2.30. The maximum atomic E-state index is 2.36. The molecule has 0 nitrogen and oxygen atoms in total. The second-order valence-electron chi connectivity index (χ2n) is 3.43. The molecule has 0 radical (unpaired) electrons. The Bertz CT molecular complexity index is 62.4. The molecule has 0 aliphatic rings. The van der Waals surface area contributed by atoms with E-state index in [0.717, 1.165) is 11.8 Å². The van der Waals surface area contributed by atoms with Crippen molar-refractivity contribution in [2.45, 2.75) is 81.1 Å². The minimum atomic E-state index is 0.935. The van der Waals surface area contributed by atoms with Crippen LogP contribution in [0.25, 0.3) is 0 Å². The van der Waals surface area contributed by atoms with Crippen molar-refractivity contribution in [1.82, 2.24) is 0 Å². The molecular formula is C14H34. The Hall–Kier alpha value is 0. The molecule has 0 bridgehead atoms. The fourth-order valence-corrected chi connectivity index (χ4v) is 1.36. The molecule has 0 aliphatic heterocycles. The van der Waals surface area contributed by atoms with Gasteiger partial charge in [-0.15, -0.1) is 0 Å². The first-order chi connectivity index (χ1) is 6.74. The molecule has 1 unspecified atom stereocenters. The van der Waals surface area contributed by atoms with Crippen LogP contribution in [-0.4, -0.2) is 0 Å². The molecule has 0 aromatic rings. The van der Waals surface area contributed by atoms with E-state index in [-0.39, 0.29) is 0 Å². The third-order valence-corrected chi connectivity index (χ3v) is 2.59. The van der Waals surface area contributed by atoms with Crippen molar-refractivity contribution in [2.75, 3.05) is 0 Å². The van der Waals surface area contributed by atoms with E-state index in [9.17, 15) is 0 Å². The zero-order valence-electron chi connectivity index (χ0n) is 12.0. The Morgan fingerprint density at radius 2 is 1.07 bits per heavy atom. The topological polar surface area (TPSA) is 0 Å². The Morgan fingerprint density at radius 3 is 1.29 bits per heavy atom. The van der Waals surface area contributed by atoms with Crippen molar-refractivity contribution < 1.29 is 0 Å². The van der Waals surface area contributed by atoms with Gasteiger partial charge in [0.2, 0.25) is 0 Å². The van der Waals surface area contributed by atoms with Gasteiger partial charge in [-0.3, -0.25) is 0 Å². The van der Waals surface area contributed by atoms with Crippen molar-refractivity contribution in [3.05, 3.63) is 0 Å². The van der Waals surface area contributed by atoms with Crippen molar-refractivity contribution in [1.29, 1.82) is 0 Å². The molecule has 0 saturated heterocycles. The fourth-order valence-electron chi connectivity index (χ4n) is 1.36. The summed E-state index contributed by atoms with van der Waals surface area (Å²) in [6.07, 6.45) is 5.50. The van der Waals surface area contributed by atoms with Gasteiger partial charge in [0.25, 0.3) is 0 Å². The summed E-state index contributed by atoms with van der Waals surface area (Å²) in [7, 11) is 0. The van der Waals surface area contributed by atoms with E-state index in [1.807, 2.05) is 27.7 Å². The maximum absolute atomic E-state index is 2.36. The number of hydrogen-bond donors (Lipinski definition) is 0. The van der Waals surface area contributed by atoms with E-state index in [1.165, 1.54) is 25.7 Å². The first-order valence-electron chi connectivity index (χ1n) is 6.74. The van der Waals surface area contributed by atoms with Crippen molar-refractivity contribution in [3.63, 3.8) is 0 Å². The summed E-state index contributed by atoms with van der Waals surface area (Å²) in [5.74, 6) is 1.92. The molecule has 0 aromatic carbocycles. The highest BCUT2D eigenvalue weighted by Gasteiger charge is 2.07. The second-order valence-corrected chi connectivity index (χ2v) is 3.43. The van der Waals surface area contributed by atoms with E-state index in [0.29, 0.717) is 0 Å². The van der Waals surface area contributed by atoms with Crippen LogP contribution in [0.2, 0.25) is 0 Å². The predicted molar refractivity (Wildman–Crippen MR) is 70.8 cm³/mol. The summed E-state index contributed by atoms with van der Waals surface area (Å²) in [6, 6.07) is 0. The van der Waals surface area contributed by atoms with Gasteiger partial charge in [0.05, 0.1) is 0 Å². The average molecular weight is 202 g/mol. The SMILES string of the molecule is CC.CC.CCC(C)CC(CC)CC. The van der Waals surface area contributed by atoms with Crippen molar-refractivity contribution in [3.8, 4) is 0 Å². The summed E-state index contributed by atoms with van der Waals surface area (Å²) in [4.78, 5) is 0.